The second-order valence-electron chi connectivity index (χ2n) is 7.15. The third-order valence-corrected chi connectivity index (χ3v) is 5.17. The van der Waals surface area contributed by atoms with E-state index in [2.05, 4.69) is 10.2 Å². The number of piperidine rings is 1. The van der Waals surface area contributed by atoms with Gasteiger partial charge in [0.15, 0.2) is 5.82 Å². The number of aliphatic hydroxyl groups is 1. The zero-order chi connectivity index (χ0) is 22.8. The number of carbonyl (C=O) groups is 1. The highest BCUT2D eigenvalue weighted by molar-refractivity contribution is 5.88. The van der Waals surface area contributed by atoms with Gasteiger partial charge in [0.2, 0.25) is 0 Å². The van der Waals surface area contributed by atoms with Gasteiger partial charge in [-0.25, -0.2) is 9.18 Å². The van der Waals surface area contributed by atoms with Crippen LogP contribution in [0.3, 0.4) is 0 Å². The summed E-state index contributed by atoms with van der Waals surface area (Å²) in [4.78, 5) is 11.9. The molecule has 1 saturated heterocycles. The quantitative estimate of drug-likeness (QED) is 0.428. The lowest BCUT2D eigenvalue weighted by Crippen LogP contribution is -2.44. The van der Waals surface area contributed by atoms with Gasteiger partial charge in [-0.3, -0.25) is 5.10 Å². The molecule has 2 heterocycles. The average molecular weight is 440 g/mol. The lowest BCUT2D eigenvalue weighted by molar-refractivity contribution is -0.140. The van der Waals surface area contributed by atoms with Crippen molar-refractivity contribution in [2.75, 3.05) is 18.8 Å². The van der Waals surface area contributed by atoms with E-state index in [4.69, 9.17) is 10.8 Å². The molecule has 0 spiro atoms. The molecule has 0 unspecified atom stereocenters. The highest BCUT2D eigenvalue weighted by Crippen LogP contribution is 2.38. The van der Waals surface area contributed by atoms with E-state index in [1.165, 1.54) is 0 Å². The van der Waals surface area contributed by atoms with Gasteiger partial charge in [0.25, 0.3) is 0 Å². The first-order valence-corrected chi connectivity index (χ1v) is 9.27. The van der Waals surface area contributed by atoms with E-state index >= 15 is 0 Å². The maximum Gasteiger partial charge on any atom is 0.419 e. The molecule has 3 aromatic rings. The normalized spacial score (nSPS) is 16.0. The number of alkyl halides is 3. The van der Waals surface area contributed by atoms with Crippen molar-refractivity contribution in [2.24, 2.45) is 0 Å². The largest absolute Gasteiger partial charge is 0.465 e. The highest BCUT2D eigenvalue weighted by Gasteiger charge is 2.39. The van der Waals surface area contributed by atoms with Crippen molar-refractivity contribution in [3.63, 3.8) is 0 Å². The van der Waals surface area contributed by atoms with Crippen molar-refractivity contribution in [1.29, 1.82) is 0 Å². The van der Waals surface area contributed by atoms with Crippen molar-refractivity contribution >= 4 is 22.8 Å². The van der Waals surface area contributed by atoms with Crippen molar-refractivity contribution < 1.29 is 32.6 Å². The van der Waals surface area contributed by atoms with Gasteiger partial charge in [-0.15, -0.1) is 0 Å². The van der Waals surface area contributed by atoms with E-state index in [0.717, 1.165) is 21.9 Å². The summed E-state index contributed by atoms with van der Waals surface area (Å²) in [5.41, 5.74) is 3.45. The van der Waals surface area contributed by atoms with Crippen LogP contribution in [0.4, 0.5) is 28.2 Å². The molecule has 1 aromatic heterocycles. The number of aromatic nitrogens is 2. The summed E-state index contributed by atoms with van der Waals surface area (Å²) in [6, 6.07) is 10.1. The lowest BCUT2D eigenvalue weighted by Gasteiger charge is -2.37. The van der Waals surface area contributed by atoms with E-state index in [9.17, 15) is 27.5 Å². The summed E-state index contributed by atoms with van der Waals surface area (Å²) in [6.45, 7) is 0.00905. The second kappa shape index (κ2) is 8.42. The Balaban J connectivity index is 0.000000225. The van der Waals surface area contributed by atoms with Crippen LogP contribution in [0.2, 0.25) is 0 Å². The van der Waals surface area contributed by atoms with Gasteiger partial charge in [-0.1, -0.05) is 18.2 Å². The summed E-state index contributed by atoms with van der Waals surface area (Å²) in [5.74, 6) is -0.839. The molecule has 1 aliphatic rings. The van der Waals surface area contributed by atoms with Crippen LogP contribution in [0.1, 0.15) is 24.0 Å². The molecule has 5 N–H and O–H groups in total. The Labute approximate surface area is 174 Å². The molecular formula is C20H20F4N4O3. The number of likely N-dealkylation sites (tertiary alicyclic amines) is 1. The van der Waals surface area contributed by atoms with Crippen LogP contribution in [0.5, 0.6) is 0 Å². The number of carboxylic acid groups (broad SMARTS) is 1. The van der Waals surface area contributed by atoms with E-state index in [-0.39, 0.29) is 31.5 Å². The molecule has 0 bridgehead atoms. The van der Waals surface area contributed by atoms with Gasteiger partial charge < -0.3 is 20.8 Å². The molecule has 166 valence electrons. The number of fused-ring (bicyclic) bond motifs is 1. The monoisotopic (exact) mass is 440 g/mol. The Morgan fingerprint density at radius 1 is 1.16 bits per heavy atom. The Kier molecular flexibility index (Phi) is 6.07. The number of aromatic amines is 1. The molecule has 11 heteroatoms. The average Bonchev–Trinajstić information content (AvgIpc) is 3.09. The fourth-order valence-electron chi connectivity index (χ4n) is 3.37. The topological polar surface area (TPSA) is 115 Å². The van der Waals surface area contributed by atoms with E-state index in [1.807, 2.05) is 24.3 Å². The maximum atomic E-state index is 13.2. The fourth-order valence-corrected chi connectivity index (χ4v) is 3.37. The van der Waals surface area contributed by atoms with Crippen LogP contribution >= 0.6 is 0 Å². The Morgan fingerprint density at radius 3 is 2.39 bits per heavy atom. The number of rotatable bonds is 1. The third kappa shape index (κ3) is 4.88. The van der Waals surface area contributed by atoms with Crippen molar-refractivity contribution in [3.8, 4) is 0 Å². The van der Waals surface area contributed by atoms with Crippen LogP contribution in [-0.4, -0.2) is 44.5 Å². The predicted octanol–water partition coefficient (Wildman–Crippen LogP) is 3.95. The third-order valence-electron chi connectivity index (χ3n) is 5.17. The molecule has 0 aliphatic carbocycles. The van der Waals surface area contributed by atoms with Gasteiger partial charge >= 0.3 is 12.3 Å². The summed E-state index contributed by atoms with van der Waals surface area (Å²) in [7, 11) is 0. The molecule has 0 radical (unpaired) electrons. The molecule has 2 aromatic carbocycles. The number of halogens is 4. The van der Waals surface area contributed by atoms with Gasteiger partial charge in [-0.05, 0) is 42.7 Å². The first kappa shape index (κ1) is 22.3. The van der Waals surface area contributed by atoms with Gasteiger partial charge in [0, 0.05) is 18.5 Å². The maximum absolute atomic E-state index is 13.2. The number of anilines is 1. The first-order valence-electron chi connectivity index (χ1n) is 9.27. The van der Waals surface area contributed by atoms with Crippen LogP contribution in [0.25, 0.3) is 10.9 Å². The SMILES string of the molecule is Nc1n[nH]c2ccccc12.O=C(O)N1CCC(O)(c2ccc(F)c(C(F)(F)F)c2)CC1. The lowest BCUT2D eigenvalue weighted by atomic mass is 9.84. The van der Waals surface area contributed by atoms with Crippen molar-refractivity contribution in [1.82, 2.24) is 15.1 Å². The van der Waals surface area contributed by atoms with Crippen LogP contribution in [0, 0.1) is 5.82 Å². The molecule has 1 amide bonds. The molecule has 0 atom stereocenters. The van der Waals surface area contributed by atoms with Crippen LogP contribution in [-0.2, 0) is 11.8 Å². The summed E-state index contributed by atoms with van der Waals surface area (Å²) in [6.07, 6.45) is -6.07. The van der Waals surface area contributed by atoms with Gasteiger partial charge in [-0.2, -0.15) is 18.3 Å². The van der Waals surface area contributed by atoms with Gasteiger partial charge in [0.1, 0.15) is 5.82 Å². The molecule has 4 rings (SSSR count). The zero-order valence-corrected chi connectivity index (χ0v) is 16.2. The Bertz CT molecular complexity index is 1080. The van der Waals surface area contributed by atoms with Gasteiger partial charge in [0.05, 0.1) is 16.7 Å². The number of benzene rings is 2. The number of amides is 1. The first-order chi connectivity index (χ1) is 14.5. The minimum Gasteiger partial charge on any atom is -0.465 e. The van der Waals surface area contributed by atoms with E-state index < -0.39 is 29.3 Å². The predicted molar refractivity (Wildman–Crippen MR) is 105 cm³/mol. The Hall–Kier alpha value is -3.34. The smallest absolute Gasteiger partial charge is 0.419 e. The van der Waals surface area contributed by atoms with Crippen molar-refractivity contribution in [2.45, 2.75) is 24.6 Å². The van der Waals surface area contributed by atoms with Crippen LogP contribution < -0.4 is 5.73 Å². The molecule has 7 nitrogen and oxygen atoms in total. The number of hydrogen-bond acceptors (Lipinski definition) is 4. The van der Waals surface area contributed by atoms with Crippen molar-refractivity contribution in [3.05, 3.63) is 59.4 Å². The number of nitrogens with one attached hydrogen (secondary N) is 1. The van der Waals surface area contributed by atoms with E-state index in [0.29, 0.717) is 18.0 Å². The second-order valence-corrected chi connectivity index (χ2v) is 7.15. The summed E-state index contributed by atoms with van der Waals surface area (Å²) < 4.78 is 51.3. The number of hydrogen-bond donors (Lipinski definition) is 4. The molecule has 1 aliphatic heterocycles. The molecule has 31 heavy (non-hydrogen) atoms. The summed E-state index contributed by atoms with van der Waals surface area (Å²) in [5, 5.41) is 26.9. The number of nitrogens with two attached hydrogens (primary N) is 1. The highest BCUT2D eigenvalue weighted by atomic mass is 19.4. The zero-order valence-electron chi connectivity index (χ0n) is 16.2. The van der Waals surface area contributed by atoms with E-state index in [1.54, 1.807) is 0 Å². The molecule has 0 saturated carbocycles. The molecule has 1 fully saturated rings. The van der Waals surface area contributed by atoms with Crippen LogP contribution in [0.15, 0.2) is 42.5 Å². The minimum absolute atomic E-state index is 0.00452. The number of nitrogen functional groups attached to an aromatic ring is 1. The number of para-hydroxylation sites is 1. The standard InChI is InChI=1S/C13H13F4NO3.C7H7N3/c14-10-2-1-8(7-9(10)13(15,16)17)12(21)3-5-18(6-4-12)11(19)20;8-7-5-3-1-2-4-6(5)9-10-7/h1-2,7,21H,3-6H2,(H,19,20);1-4H,(H3,8,9,10). The Morgan fingerprint density at radius 2 is 1.81 bits per heavy atom. The fraction of sp³-hybridized carbons (Fsp3) is 0.300. The number of H-pyrrole nitrogens is 1. The molecular weight excluding hydrogens is 420 g/mol. The summed E-state index contributed by atoms with van der Waals surface area (Å²) >= 11 is 0. The number of nitrogens with zero attached hydrogens (tertiary/aromatic N) is 2. The minimum atomic E-state index is -4.85.